The van der Waals surface area contributed by atoms with Crippen LogP contribution in [-0.4, -0.2) is 29.2 Å². The lowest BCUT2D eigenvalue weighted by Gasteiger charge is -2.11. The average molecular weight is 322 g/mol. The molecule has 1 rings (SSSR count). The van der Waals surface area contributed by atoms with Gasteiger partial charge in [0.1, 0.15) is 6.10 Å². The summed E-state index contributed by atoms with van der Waals surface area (Å²) >= 11 is 0. The monoisotopic (exact) mass is 322 g/mol. The van der Waals surface area contributed by atoms with Gasteiger partial charge in [-0.3, -0.25) is 4.79 Å². The fourth-order valence-electron chi connectivity index (χ4n) is 2.61. The number of aliphatic hydroxyl groups is 1. The molecule has 4 heteroatoms. The molecule has 1 aromatic rings. The van der Waals surface area contributed by atoms with E-state index in [9.17, 15) is 15.0 Å². The Hall–Kier alpha value is -1.55. The maximum atomic E-state index is 12.0. The van der Waals surface area contributed by atoms with Crippen LogP contribution in [0.15, 0.2) is 18.2 Å². The normalized spacial score (nSPS) is 12.1. The number of Topliss-reactive ketones (excluding diaryl/α,β-unsaturated/α-hetero) is 1. The van der Waals surface area contributed by atoms with Gasteiger partial charge in [0, 0.05) is 6.42 Å². The van der Waals surface area contributed by atoms with Crippen LogP contribution in [0.2, 0.25) is 0 Å². The van der Waals surface area contributed by atoms with E-state index in [-0.39, 0.29) is 18.0 Å². The lowest BCUT2D eigenvalue weighted by molar-refractivity contribution is -0.126. The summed E-state index contributed by atoms with van der Waals surface area (Å²) in [6.07, 6.45) is 7.98. The minimum atomic E-state index is -0.898. The zero-order valence-corrected chi connectivity index (χ0v) is 14.4. The van der Waals surface area contributed by atoms with Crippen molar-refractivity contribution in [2.24, 2.45) is 0 Å². The highest BCUT2D eigenvalue weighted by Crippen LogP contribution is 2.26. The van der Waals surface area contributed by atoms with Gasteiger partial charge in [-0.2, -0.15) is 0 Å². The Morgan fingerprint density at radius 1 is 1.13 bits per heavy atom. The van der Waals surface area contributed by atoms with Gasteiger partial charge >= 0.3 is 0 Å². The third-order valence-corrected chi connectivity index (χ3v) is 4.08. The van der Waals surface area contributed by atoms with E-state index in [1.54, 1.807) is 12.1 Å². The highest BCUT2D eigenvalue weighted by Gasteiger charge is 2.16. The van der Waals surface area contributed by atoms with Crippen LogP contribution in [0.4, 0.5) is 0 Å². The van der Waals surface area contributed by atoms with E-state index in [2.05, 4.69) is 6.92 Å². The Morgan fingerprint density at radius 3 is 2.43 bits per heavy atom. The Kier molecular flexibility index (Phi) is 9.37. The van der Waals surface area contributed by atoms with Gasteiger partial charge in [0.25, 0.3) is 0 Å². The molecular formula is C19H30O4. The number of methoxy groups -OCH3 is 1. The van der Waals surface area contributed by atoms with E-state index in [0.29, 0.717) is 12.2 Å². The Labute approximate surface area is 139 Å². The second kappa shape index (κ2) is 11.1. The van der Waals surface area contributed by atoms with Crippen molar-refractivity contribution in [2.45, 2.75) is 70.8 Å². The summed E-state index contributed by atoms with van der Waals surface area (Å²) in [4.78, 5) is 12.0. The largest absolute Gasteiger partial charge is 0.504 e. The summed E-state index contributed by atoms with van der Waals surface area (Å²) < 4.78 is 5.02. The minimum Gasteiger partial charge on any atom is -0.504 e. The molecule has 0 aliphatic carbocycles. The second-order valence-corrected chi connectivity index (χ2v) is 6.08. The van der Waals surface area contributed by atoms with Gasteiger partial charge in [-0.25, -0.2) is 0 Å². The first kappa shape index (κ1) is 19.5. The SMILES string of the molecule is CCCCCCCCCC(O)C(=O)Cc1ccc(O)c(OC)c1. The summed E-state index contributed by atoms with van der Waals surface area (Å²) in [5.41, 5.74) is 0.739. The van der Waals surface area contributed by atoms with Crippen molar-refractivity contribution in [3.63, 3.8) is 0 Å². The molecule has 23 heavy (non-hydrogen) atoms. The number of phenolic OH excluding ortho intramolecular Hbond substituents is 1. The van der Waals surface area contributed by atoms with E-state index in [1.807, 2.05) is 0 Å². The van der Waals surface area contributed by atoms with Gasteiger partial charge in [0.2, 0.25) is 0 Å². The summed E-state index contributed by atoms with van der Waals surface area (Å²) in [6.45, 7) is 2.20. The molecule has 0 bridgehead atoms. The molecule has 2 N–H and O–H groups in total. The number of ketones is 1. The predicted octanol–water partition coefficient (Wildman–Crippen LogP) is 4.01. The number of carbonyl (C=O) groups excluding carboxylic acids is 1. The molecule has 0 saturated heterocycles. The van der Waals surface area contributed by atoms with Crippen LogP contribution in [0, 0.1) is 0 Å². The van der Waals surface area contributed by atoms with Gasteiger partial charge in [0.15, 0.2) is 17.3 Å². The van der Waals surface area contributed by atoms with Crippen molar-refractivity contribution in [3.8, 4) is 11.5 Å². The van der Waals surface area contributed by atoms with E-state index in [1.165, 1.54) is 45.3 Å². The number of phenols is 1. The van der Waals surface area contributed by atoms with Crippen LogP contribution in [-0.2, 0) is 11.2 Å². The third kappa shape index (κ3) is 7.51. The molecule has 0 aliphatic rings. The smallest absolute Gasteiger partial charge is 0.165 e. The molecule has 0 fully saturated rings. The number of rotatable bonds is 12. The van der Waals surface area contributed by atoms with Gasteiger partial charge in [-0.05, 0) is 24.1 Å². The molecule has 0 aliphatic heterocycles. The molecule has 0 saturated carbocycles. The highest BCUT2D eigenvalue weighted by atomic mass is 16.5. The van der Waals surface area contributed by atoms with Crippen LogP contribution in [0.25, 0.3) is 0 Å². The highest BCUT2D eigenvalue weighted by molar-refractivity contribution is 5.85. The maximum absolute atomic E-state index is 12.0. The summed E-state index contributed by atoms with van der Waals surface area (Å²) in [5.74, 6) is 0.216. The zero-order chi connectivity index (χ0) is 17.1. The Morgan fingerprint density at radius 2 is 1.78 bits per heavy atom. The van der Waals surface area contributed by atoms with Crippen molar-refractivity contribution in [1.29, 1.82) is 0 Å². The van der Waals surface area contributed by atoms with Crippen molar-refractivity contribution >= 4 is 5.78 Å². The number of aliphatic hydroxyl groups excluding tert-OH is 1. The fraction of sp³-hybridized carbons (Fsp3) is 0.632. The first-order valence-electron chi connectivity index (χ1n) is 8.65. The quantitative estimate of drug-likeness (QED) is 0.571. The van der Waals surface area contributed by atoms with Crippen LogP contribution in [0.1, 0.15) is 63.9 Å². The molecule has 0 spiro atoms. The molecular weight excluding hydrogens is 292 g/mol. The van der Waals surface area contributed by atoms with Crippen LogP contribution in [0.5, 0.6) is 11.5 Å². The third-order valence-electron chi connectivity index (χ3n) is 4.08. The maximum Gasteiger partial charge on any atom is 0.165 e. The van der Waals surface area contributed by atoms with Crippen LogP contribution in [0.3, 0.4) is 0 Å². The average Bonchev–Trinajstić information content (AvgIpc) is 2.55. The number of unbranched alkanes of at least 4 members (excludes halogenated alkanes) is 6. The molecule has 4 nitrogen and oxygen atoms in total. The summed E-state index contributed by atoms with van der Waals surface area (Å²) in [5, 5.41) is 19.5. The molecule has 1 atom stereocenters. The van der Waals surface area contributed by atoms with Crippen LogP contribution < -0.4 is 4.74 Å². The second-order valence-electron chi connectivity index (χ2n) is 6.08. The number of hydrogen-bond donors (Lipinski definition) is 2. The predicted molar refractivity (Wildman–Crippen MR) is 92.0 cm³/mol. The van der Waals surface area contributed by atoms with Gasteiger partial charge in [-0.15, -0.1) is 0 Å². The van der Waals surface area contributed by atoms with Crippen molar-refractivity contribution in [2.75, 3.05) is 7.11 Å². The number of benzene rings is 1. The lowest BCUT2D eigenvalue weighted by Crippen LogP contribution is -2.22. The fourth-order valence-corrected chi connectivity index (χ4v) is 2.61. The molecule has 0 aromatic heterocycles. The van der Waals surface area contributed by atoms with Gasteiger partial charge in [0.05, 0.1) is 7.11 Å². The molecule has 0 radical (unpaired) electrons. The topological polar surface area (TPSA) is 66.8 Å². The van der Waals surface area contributed by atoms with E-state index >= 15 is 0 Å². The van der Waals surface area contributed by atoms with Gasteiger partial charge in [-0.1, -0.05) is 57.9 Å². The van der Waals surface area contributed by atoms with E-state index in [0.717, 1.165) is 18.4 Å². The Balaban J connectivity index is 2.28. The summed E-state index contributed by atoms with van der Waals surface area (Å²) in [6, 6.07) is 4.81. The first-order chi connectivity index (χ1) is 11.1. The van der Waals surface area contributed by atoms with Crippen molar-refractivity contribution in [1.82, 2.24) is 0 Å². The molecule has 130 valence electrons. The lowest BCUT2D eigenvalue weighted by atomic mass is 10.00. The van der Waals surface area contributed by atoms with Crippen molar-refractivity contribution < 1.29 is 19.7 Å². The Bertz CT molecular complexity index is 470. The number of ether oxygens (including phenoxy) is 1. The number of carbonyl (C=O) groups is 1. The first-order valence-corrected chi connectivity index (χ1v) is 8.65. The molecule has 1 aromatic carbocycles. The summed E-state index contributed by atoms with van der Waals surface area (Å²) in [7, 11) is 1.47. The zero-order valence-electron chi connectivity index (χ0n) is 14.4. The van der Waals surface area contributed by atoms with Crippen molar-refractivity contribution in [3.05, 3.63) is 23.8 Å². The van der Waals surface area contributed by atoms with Gasteiger partial charge < -0.3 is 14.9 Å². The molecule has 0 amide bonds. The van der Waals surface area contributed by atoms with Crippen LogP contribution >= 0.6 is 0 Å². The minimum absolute atomic E-state index is 0.0484. The number of aromatic hydroxyl groups is 1. The molecule has 0 heterocycles. The van der Waals surface area contributed by atoms with E-state index < -0.39 is 6.10 Å². The standard InChI is InChI=1S/C19H30O4/c1-3-4-5-6-7-8-9-10-16(20)18(22)13-15-11-12-17(21)19(14-15)23-2/h11-12,14,16,20-21H,3-10,13H2,1-2H3. The number of hydrogen-bond acceptors (Lipinski definition) is 4. The molecule has 1 unspecified atom stereocenters. The van der Waals surface area contributed by atoms with E-state index in [4.69, 9.17) is 4.74 Å².